The first-order valence-electron chi connectivity index (χ1n) is 6.94. The Labute approximate surface area is 124 Å². The first-order valence-corrected chi connectivity index (χ1v) is 7.69. The molecule has 0 unspecified atom stereocenters. The Bertz CT molecular complexity index is 465. The second-order valence-electron chi connectivity index (χ2n) is 5.51. The van der Waals surface area contributed by atoms with Crippen molar-refractivity contribution >= 4 is 23.2 Å². The lowest BCUT2D eigenvalue weighted by molar-refractivity contribution is 0.117. The highest BCUT2D eigenvalue weighted by Gasteiger charge is 2.65. The minimum Gasteiger partial charge on any atom is -0.381 e. The monoisotopic (exact) mass is 299 g/mol. The molecule has 3 rings (SSSR count). The number of fused-ring (bicyclic) bond motifs is 1. The second kappa shape index (κ2) is 5.25. The zero-order chi connectivity index (χ0) is 13.5. The van der Waals surface area contributed by atoms with Gasteiger partial charge in [-0.1, -0.05) is 29.3 Å². The molecule has 1 aromatic rings. The zero-order valence-electron chi connectivity index (χ0n) is 11.1. The molecule has 0 spiro atoms. The van der Waals surface area contributed by atoms with Gasteiger partial charge >= 0.3 is 0 Å². The summed E-state index contributed by atoms with van der Waals surface area (Å²) in [4.78, 5) is 0. The first-order chi connectivity index (χ1) is 9.20. The molecule has 104 valence electrons. The lowest BCUT2D eigenvalue weighted by atomic mass is 9.92. The van der Waals surface area contributed by atoms with Crippen molar-refractivity contribution in [1.82, 2.24) is 5.32 Å². The largest absolute Gasteiger partial charge is 0.381 e. The van der Waals surface area contributed by atoms with Crippen molar-refractivity contribution in [2.75, 3.05) is 26.3 Å². The fourth-order valence-electron chi connectivity index (χ4n) is 3.68. The third kappa shape index (κ3) is 2.19. The maximum Gasteiger partial charge on any atom is 0.0595 e. The van der Waals surface area contributed by atoms with Gasteiger partial charge < -0.3 is 10.1 Å². The molecule has 1 N–H and O–H groups in total. The molecule has 0 bridgehead atoms. The smallest absolute Gasteiger partial charge is 0.0595 e. The minimum absolute atomic E-state index is 0.147. The van der Waals surface area contributed by atoms with Crippen LogP contribution in [0, 0.1) is 11.8 Å². The van der Waals surface area contributed by atoms with Crippen LogP contribution in [0.4, 0.5) is 0 Å². The Morgan fingerprint density at radius 2 is 2.16 bits per heavy atom. The Balaban J connectivity index is 1.93. The van der Waals surface area contributed by atoms with E-state index in [1.165, 1.54) is 12.0 Å². The summed E-state index contributed by atoms with van der Waals surface area (Å²) < 4.78 is 5.77. The molecular weight excluding hydrogens is 281 g/mol. The van der Waals surface area contributed by atoms with Crippen molar-refractivity contribution in [1.29, 1.82) is 0 Å². The van der Waals surface area contributed by atoms with Crippen LogP contribution in [0.1, 0.15) is 18.9 Å². The number of ether oxygens (including phenoxy) is 1. The van der Waals surface area contributed by atoms with Gasteiger partial charge in [0.2, 0.25) is 0 Å². The molecule has 2 aliphatic rings. The van der Waals surface area contributed by atoms with Gasteiger partial charge in [-0.2, -0.15) is 0 Å². The Morgan fingerprint density at radius 3 is 2.79 bits per heavy atom. The van der Waals surface area contributed by atoms with E-state index in [2.05, 4.69) is 11.4 Å². The van der Waals surface area contributed by atoms with Crippen LogP contribution < -0.4 is 5.32 Å². The van der Waals surface area contributed by atoms with Crippen LogP contribution >= 0.6 is 23.2 Å². The van der Waals surface area contributed by atoms with Gasteiger partial charge in [0.15, 0.2) is 0 Å². The lowest BCUT2D eigenvalue weighted by Gasteiger charge is -2.19. The molecule has 1 saturated carbocycles. The van der Waals surface area contributed by atoms with E-state index in [4.69, 9.17) is 27.9 Å². The van der Waals surface area contributed by atoms with E-state index >= 15 is 0 Å². The van der Waals surface area contributed by atoms with Crippen molar-refractivity contribution in [2.45, 2.75) is 18.8 Å². The summed E-state index contributed by atoms with van der Waals surface area (Å²) in [7, 11) is 0. The molecule has 1 aromatic carbocycles. The average molecular weight is 300 g/mol. The van der Waals surface area contributed by atoms with Gasteiger partial charge in [0.25, 0.3) is 0 Å². The predicted octanol–water partition coefficient (Wildman–Crippen LogP) is 3.51. The first kappa shape index (κ1) is 13.7. The third-order valence-electron chi connectivity index (χ3n) is 4.70. The van der Waals surface area contributed by atoms with E-state index in [-0.39, 0.29) is 5.41 Å². The topological polar surface area (TPSA) is 21.3 Å². The van der Waals surface area contributed by atoms with Crippen molar-refractivity contribution in [3.63, 3.8) is 0 Å². The number of hydrogen-bond acceptors (Lipinski definition) is 2. The van der Waals surface area contributed by atoms with Crippen molar-refractivity contribution in [3.8, 4) is 0 Å². The van der Waals surface area contributed by atoms with E-state index in [1.54, 1.807) is 0 Å². The average Bonchev–Trinajstić information content (AvgIpc) is 3.09. The third-order valence-corrected chi connectivity index (χ3v) is 5.44. The Hall–Kier alpha value is -0.280. The van der Waals surface area contributed by atoms with Crippen LogP contribution in [-0.4, -0.2) is 26.3 Å². The van der Waals surface area contributed by atoms with Crippen molar-refractivity contribution < 1.29 is 4.74 Å². The summed E-state index contributed by atoms with van der Waals surface area (Å²) >= 11 is 12.2. The van der Waals surface area contributed by atoms with E-state index in [0.717, 1.165) is 32.2 Å². The standard InChI is InChI=1S/C15H19Cl2NO/c1-2-19-9-15(11-5-6-18-8-12(11)15)10-3-4-13(16)14(17)7-10/h3-4,7,11-12,18H,2,5-6,8-9H2,1H3/t11-,12+,15+/m0/s1. The number of nitrogens with one attached hydrogen (secondary N) is 1. The predicted molar refractivity (Wildman–Crippen MR) is 79.1 cm³/mol. The molecule has 3 atom stereocenters. The van der Waals surface area contributed by atoms with Gasteiger partial charge in [0.05, 0.1) is 16.7 Å². The quantitative estimate of drug-likeness (QED) is 0.919. The highest BCUT2D eigenvalue weighted by Crippen LogP contribution is 2.62. The van der Waals surface area contributed by atoms with Crippen LogP contribution in [0.25, 0.3) is 0 Å². The van der Waals surface area contributed by atoms with Crippen LogP contribution in [-0.2, 0) is 10.2 Å². The zero-order valence-corrected chi connectivity index (χ0v) is 12.6. The molecule has 2 nitrogen and oxygen atoms in total. The normalized spacial score (nSPS) is 33.0. The summed E-state index contributed by atoms with van der Waals surface area (Å²) in [5, 5.41) is 4.76. The molecule has 1 aliphatic carbocycles. The summed E-state index contributed by atoms with van der Waals surface area (Å²) in [6.45, 7) is 5.79. The highest BCUT2D eigenvalue weighted by atomic mass is 35.5. The van der Waals surface area contributed by atoms with Crippen LogP contribution in [0.3, 0.4) is 0 Å². The molecule has 0 radical (unpaired) electrons. The number of piperidine rings is 1. The summed E-state index contributed by atoms with van der Waals surface area (Å²) in [5.41, 5.74) is 1.43. The SMILES string of the molecule is CCOC[C@]1(c2ccc(Cl)c(Cl)c2)[C@@H]2CNCC[C@@H]21. The molecule has 0 amide bonds. The van der Waals surface area contributed by atoms with Gasteiger partial charge in [-0.05, 0) is 56.0 Å². The molecule has 1 aliphatic heterocycles. The highest BCUT2D eigenvalue weighted by molar-refractivity contribution is 6.42. The minimum atomic E-state index is 0.147. The number of halogens is 2. The van der Waals surface area contributed by atoms with Crippen LogP contribution in [0.2, 0.25) is 10.0 Å². The second-order valence-corrected chi connectivity index (χ2v) is 6.33. The van der Waals surface area contributed by atoms with E-state index < -0.39 is 0 Å². The van der Waals surface area contributed by atoms with Crippen LogP contribution in [0.15, 0.2) is 18.2 Å². The van der Waals surface area contributed by atoms with Crippen molar-refractivity contribution in [2.24, 2.45) is 11.8 Å². The fourth-order valence-corrected chi connectivity index (χ4v) is 3.98. The fraction of sp³-hybridized carbons (Fsp3) is 0.600. The molecule has 1 heterocycles. The summed E-state index contributed by atoms with van der Waals surface area (Å²) in [6, 6.07) is 6.05. The Kier molecular flexibility index (Phi) is 3.78. The number of hydrogen-bond donors (Lipinski definition) is 1. The van der Waals surface area contributed by atoms with Crippen LogP contribution in [0.5, 0.6) is 0 Å². The van der Waals surface area contributed by atoms with E-state index in [9.17, 15) is 0 Å². The molecular formula is C15H19Cl2NO. The summed E-state index contributed by atoms with van der Waals surface area (Å²) in [5.74, 6) is 1.39. The van der Waals surface area contributed by atoms with E-state index in [0.29, 0.717) is 16.0 Å². The van der Waals surface area contributed by atoms with E-state index in [1.807, 2.05) is 19.1 Å². The van der Waals surface area contributed by atoms with Gasteiger partial charge in [0, 0.05) is 12.0 Å². The van der Waals surface area contributed by atoms with Gasteiger partial charge in [-0.3, -0.25) is 0 Å². The number of benzene rings is 1. The molecule has 4 heteroatoms. The maximum absolute atomic E-state index is 6.19. The molecule has 1 saturated heterocycles. The molecule has 19 heavy (non-hydrogen) atoms. The lowest BCUT2D eigenvalue weighted by Crippen LogP contribution is -2.25. The molecule has 2 fully saturated rings. The maximum atomic E-state index is 6.19. The summed E-state index contributed by atoms with van der Waals surface area (Å²) in [6.07, 6.45) is 1.22. The molecule has 0 aromatic heterocycles. The number of rotatable bonds is 4. The Morgan fingerprint density at radius 1 is 1.32 bits per heavy atom. The van der Waals surface area contributed by atoms with Gasteiger partial charge in [0.1, 0.15) is 0 Å². The van der Waals surface area contributed by atoms with Crippen molar-refractivity contribution in [3.05, 3.63) is 33.8 Å². The van der Waals surface area contributed by atoms with Gasteiger partial charge in [-0.25, -0.2) is 0 Å². The van der Waals surface area contributed by atoms with Gasteiger partial charge in [-0.15, -0.1) is 0 Å².